The summed E-state index contributed by atoms with van der Waals surface area (Å²) in [5, 5.41) is 3.67. The third-order valence-electron chi connectivity index (χ3n) is 4.11. The molecule has 3 rings (SSSR count). The lowest BCUT2D eigenvalue weighted by Crippen LogP contribution is -2.06. The van der Waals surface area contributed by atoms with Crippen molar-refractivity contribution >= 4 is 5.69 Å². The number of aryl methyl sites for hydroxylation is 1. The van der Waals surface area contributed by atoms with Crippen LogP contribution >= 0.6 is 0 Å². The third kappa shape index (κ3) is 2.25. The summed E-state index contributed by atoms with van der Waals surface area (Å²) in [6, 6.07) is 16.1. The second kappa shape index (κ2) is 4.73. The van der Waals surface area contributed by atoms with Crippen LogP contribution in [-0.2, 0) is 6.42 Å². The number of anilines is 1. The van der Waals surface area contributed by atoms with Crippen LogP contribution in [0.15, 0.2) is 42.5 Å². The molecule has 0 radical (unpaired) electrons. The normalized spacial score (nSPS) is 17.4. The quantitative estimate of drug-likeness (QED) is 0.806. The van der Waals surface area contributed by atoms with E-state index in [2.05, 4.69) is 68.6 Å². The first-order valence-electron chi connectivity index (χ1n) is 7.10. The van der Waals surface area contributed by atoms with Crippen molar-refractivity contribution in [2.24, 2.45) is 0 Å². The Morgan fingerprint density at radius 3 is 2.42 bits per heavy atom. The Balaban J connectivity index is 1.85. The van der Waals surface area contributed by atoms with Crippen LogP contribution < -0.4 is 5.32 Å². The average molecular weight is 251 g/mol. The molecule has 1 nitrogen and oxygen atoms in total. The highest BCUT2D eigenvalue weighted by Crippen LogP contribution is 2.36. The van der Waals surface area contributed by atoms with E-state index in [1.165, 1.54) is 27.9 Å². The molecule has 1 aliphatic rings. The van der Waals surface area contributed by atoms with Crippen molar-refractivity contribution in [3.05, 3.63) is 64.7 Å². The van der Waals surface area contributed by atoms with Gasteiger partial charge in [0.2, 0.25) is 0 Å². The van der Waals surface area contributed by atoms with Crippen LogP contribution in [0.2, 0.25) is 0 Å². The summed E-state index contributed by atoms with van der Waals surface area (Å²) < 4.78 is 0. The summed E-state index contributed by atoms with van der Waals surface area (Å²) in [7, 11) is 0. The molecule has 0 fully saturated rings. The van der Waals surface area contributed by atoms with E-state index in [9.17, 15) is 0 Å². The number of para-hydroxylation sites is 1. The van der Waals surface area contributed by atoms with Gasteiger partial charge >= 0.3 is 0 Å². The molecule has 1 aliphatic heterocycles. The zero-order chi connectivity index (χ0) is 13.4. The zero-order valence-corrected chi connectivity index (χ0v) is 11.9. The number of hydrogen-bond donors (Lipinski definition) is 1. The molecule has 0 amide bonds. The summed E-state index contributed by atoms with van der Waals surface area (Å²) in [5.41, 5.74) is 6.92. The SMILES string of the molecule is Cc1cccc2c1NC(c1ccc(C(C)C)cc1)C2. The molecule has 1 heteroatoms. The van der Waals surface area contributed by atoms with E-state index in [4.69, 9.17) is 0 Å². The lowest BCUT2D eigenvalue weighted by atomic mass is 9.97. The Kier molecular flexibility index (Phi) is 3.06. The van der Waals surface area contributed by atoms with E-state index < -0.39 is 0 Å². The number of fused-ring (bicyclic) bond motifs is 1. The van der Waals surface area contributed by atoms with E-state index in [0.29, 0.717) is 12.0 Å². The van der Waals surface area contributed by atoms with Crippen molar-refractivity contribution in [1.29, 1.82) is 0 Å². The summed E-state index contributed by atoms with van der Waals surface area (Å²) >= 11 is 0. The van der Waals surface area contributed by atoms with Gasteiger partial charge in [0.15, 0.2) is 0 Å². The molecule has 0 bridgehead atoms. The molecule has 2 aromatic carbocycles. The first-order valence-corrected chi connectivity index (χ1v) is 7.10. The highest BCUT2D eigenvalue weighted by molar-refractivity contribution is 5.62. The monoisotopic (exact) mass is 251 g/mol. The fraction of sp³-hybridized carbons (Fsp3) is 0.333. The van der Waals surface area contributed by atoms with Crippen molar-refractivity contribution in [3.8, 4) is 0 Å². The Bertz CT molecular complexity index is 581. The highest BCUT2D eigenvalue weighted by atomic mass is 15.0. The van der Waals surface area contributed by atoms with Gasteiger partial charge in [-0.1, -0.05) is 56.3 Å². The Morgan fingerprint density at radius 1 is 1.05 bits per heavy atom. The van der Waals surface area contributed by atoms with Crippen LogP contribution in [0.5, 0.6) is 0 Å². The zero-order valence-electron chi connectivity index (χ0n) is 11.9. The van der Waals surface area contributed by atoms with E-state index >= 15 is 0 Å². The molecule has 98 valence electrons. The highest BCUT2D eigenvalue weighted by Gasteiger charge is 2.22. The molecule has 0 aromatic heterocycles. The van der Waals surface area contributed by atoms with Gasteiger partial charge in [-0.2, -0.15) is 0 Å². The smallest absolute Gasteiger partial charge is 0.0555 e. The molecule has 1 atom stereocenters. The van der Waals surface area contributed by atoms with Crippen LogP contribution in [0.3, 0.4) is 0 Å². The molecular formula is C18H21N. The minimum Gasteiger partial charge on any atom is -0.377 e. The number of hydrogen-bond acceptors (Lipinski definition) is 1. The molecule has 0 saturated heterocycles. The van der Waals surface area contributed by atoms with Crippen molar-refractivity contribution in [3.63, 3.8) is 0 Å². The summed E-state index contributed by atoms with van der Waals surface area (Å²) in [6.07, 6.45) is 1.10. The summed E-state index contributed by atoms with van der Waals surface area (Å²) in [6.45, 7) is 6.65. The molecule has 2 aromatic rings. The second-order valence-electron chi connectivity index (χ2n) is 5.83. The van der Waals surface area contributed by atoms with Crippen LogP contribution in [-0.4, -0.2) is 0 Å². The first kappa shape index (κ1) is 12.3. The maximum Gasteiger partial charge on any atom is 0.0555 e. The van der Waals surface area contributed by atoms with E-state index in [1.54, 1.807) is 0 Å². The average Bonchev–Trinajstić information content (AvgIpc) is 2.84. The minimum absolute atomic E-state index is 0.428. The maximum atomic E-state index is 3.67. The van der Waals surface area contributed by atoms with Gasteiger partial charge in [0.05, 0.1) is 6.04 Å². The van der Waals surface area contributed by atoms with Gasteiger partial charge in [0, 0.05) is 5.69 Å². The minimum atomic E-state index is 0.428. The number of nitrogens with one attached hydrogen (secondary N) is 1. The molecule has 1 N–H and O–H groups in total. The van der Waals surface area contributed by atoms with E-state index in [0.717, 1.165) is 6.42 Å². The molecule has 1 unspecified atom stereocenters. The Labute approximate surface area is 115 Å². The van der Waals surface area contributed by atoms with Crippen LogP contribution in [0.25, 0.3) is 0 Å². The van der Waals surface area contributed by atoms with Gasteiger partial charge in [0.1, 0.15) is 0 Å². The van der Waals surface area contributed by atoms with Gasteiger partial charge in [-0.3, -0.25) is 0 Å². The lowest BCUT2D eigenvalue weighted by Gasteiger charge is -2.14. The van der Waals surface area contributed by atoms with Crippen molar-refractivity contribution < 1.29 is 0 Å². The standard InChI is InChI=1S/C18H21N/c1-12(2)14-7-9-15(10-8-14)17-11-16-6-4-5-13(3)18(16)19-17/h4-10,12,17,19H,11H2,1-3H3. The van der Waals surface area contributed by atoms with Crippen LogP contribution in [0.1, 0.15) is 48.1 Å². The van der Waals surface area contributed by atoms with Gasteiger partial charge in [-0.25, -0.2) is 0 Å². The second-order valence-corrected chi connectivity index (χ2v) is 5.83. The van der Waals surface area contributed by atoms with Gasteiger partial charge < -0.3 is 5.32 Å². The number of rotatable bonds is 2. The Hall–Kier alpha value is -1.76. The summed E-state index contributed by atoms with van der Waals surface area (Å²) in [5.74, 6) is 0.602. The molecule has 0 spiro atoms. The van der Waals surface area contributed by atoms with Gasteiger partial charge in [0.25, 0.3) is 0 Å². The van der Waals surface area contributed by atoms with Crippen molar-refractivity contribution in [2.75, 3.05) is 5.32 Å². The first-order chi connectivity index (χ1) is 9.15. The third-order valence-corrected chi connectivity index (χ3v) is 4.11. The van der Waals surface area contributed by atoms with Crippen molar-refractivity contribution in [1.82, 2.24) is 0 Å². The molecular weight excluding hydrogens is 230 g/mol. The van der Waals surface area contributed by atoms with E-state index in [1.807, 2.05) is 0 Å². The van der Waals surface area contributed by atoms with Gasteiger partial charge in [-0.15, -0.1) is 0 Å². The predicted molar refractivity (Wildman–Crippen MR) is 81.8 cm³/mol. The predicted octanol–water partition coefficient (Wildman–Crippen LogP) is 4.83. The Morgan fingerprint density at radius 2 is 1.79 bits per heavy atom. The molecule has 0 saturated carbocycles. The topological polar surface area (TPSA) is 12.0 Å². The van der Waals surface area contributed by atoms with Gasteiger partial charge in [-0.05, 0) is 41.5 Å². The largest absolute Gasteiger partial charge is 0.377 e. The lowest BCUT2D eigenvalue weighted by molar-refractivity contribution is 0.816. The van der Waals surface area contributed by atoms with Crippen LogP contribution in [0.4, 0.5) is 5.69 Å². The van der Waals surface area contributed by atoms with Crippen molar-refractivity contribution in [2.45, 2.75) is 39.2 Å². The maximum absolute atomic E-state index is 3.67. The number of benzene rings is 2. The molecule has 0 aliphatic carbocycles. The van der Waals surface area contributed by atoms with E-state index in [-0.39, 0.29) is 0 Å². The fourth-order valence-electron chi connectivity index (χ4n) is 2.86. The molecule has 19 heavy (non-hydrogen) atoms. The summed E-state index contributed by atoms with van der Waals surface area (Å²) in [4.78, 5) is 0. The molecule has 1 heterocycles. The van der Waals surface area contributed by atoms with Crippen LogP contribution in [0, 0.1) is 6.92 Å². The fourth-order valence-corrected chi connectivity index (χ4v) is 2.86.